The predicted molar refractivity (Wildman–Crippen MR) is 184 cm³/mol. The first-order valence-corrected chi connectivity index (χ1v) is 16.7. The fraction of sp³-hybridized carbons (Fsp3) is 0.270. The summed E-state index contributed by atoms with van der Waals surface area (Å²) in [4.78, 5) is 20.6. The molecule has 10 heteroatoms. The molecule has 0 radical (unpaired) electrons. The van der Waals surface area contributed by atoms with Crippen LogP contribution in [0.1, 0.15) is 36.8 Å². The highest BCUT2D eigenvalue weighted by molar-refractivity contribution is 7.13. The van der Waals surface area contributed by atoms with Crippen LogP contribution in [-0.2, 0) is 11.2 Å². The van der Waals surface area contributed by atoms with E-state index in [-0.39, 0.29) is 18.1 Å². The number of thiophene rings is 1. The molecule has 1 N–H and O–H groups in total. The Labute approximate surface area is 277 Å². The standard InChI is InChI=1S/C37H37FN4O4S/c1-44-34-23-29-31(24-35(34)45-19-6-18-42-16-3-2-4-17-42)39-15-14-32(29)46-33-13-10-27(21-30(33)38)22-37(43)41-40-25-26-8-11-28(12-9-26)36-7-5-20-47-36/h5,7-15,20-21,23-25H,2-4,6,16-19,22H2,1H3,(H,41,43)/b40-25+. The fourth-order valence-corrected chi connectivity index (χ4v) is 6.31. The molecule has 0 saturated carbocycles. The van der Waals surface area contributed by atoms with E-state index in [1.807, 2.05) is 41.8 Å². The van der Waals surface area contributed by atoms with Gasteiger partial charge in [0.2, 0.25) is 5.91 Å². The number of hydrogen-bond acceptors (Lipinski definition) is 8. The summed E-state index contributed by atoms with van der Waals surface area (Å²) in [5, 5.41) is 6.75. The molecule has 1 aliphatic heterocycles. The second-order valence-corrected chi connectivity index (χ2v) is 12.3. The summed E-state index contributed by atoms with van der Waals surface area (Å²) in [6, 6.07) is 21.7. The van der Waals surface area contributed by atoms with Gasteiger partial charge in [0, 0.05) is 29.1 Å². The second-order valence-electron chi connectivity index (χ2n) is 11.4. The monoisotopic (exact) mass is 652 g/mol. The van der Waals surface area contributed by atoms with Crippen LogP contribution in [0.5, 0.6) is 23.0 Å². The molecular weight excluding hydrogens is 615 g/mol. The molecule has 1 amide bonds. The van der Waals surface area contributed by atoms with Gasteiger partial charge in [-0.25, -0.2) is 9.82 Å². The Morgan fingerprint density at radius 3 is 2.62 bits per heavy atom. The van der Waals surface area contributed by atoms with Gasteiger partial charge in [0.1, 0.15) is 5.75 Å². The average Bonchev–Trinajstić information content (AvgIpc) is 3.64. The molecular formula is C37H37FN4O4S. The lowest BCUT2D eigenvalue weighted by atomic mass is 10.1. The molecule has 47 heavy (non-hydrogen) atoms. The van der Waals surface area contributed by atoms with Crippen molar-refractivity contribution < 1.29 is 23.4 Å². The maximum Gasteiger partial charge on any atom is 0.244 e. The van der Waals surface area contributed by atoms with E-state index in [1.165, 1.54) is 36.3 Å². The maximum absolute atomic E-state index is 15.2. The highest BCUT2D eigenvalue weighted by Crippen LogP contribution is 2.37. The molecule has 242 valence electrons. The summed E-state index contributed by atoms with van der Waals surface area (Å²) < 4.78 is 32.8. The number of halogens is 1. The number of aromatic nitrogens is 1. The van der Waals surface area contributed by atoms with Crippen molar-refractivity contribution in [3.63, 3.8) is 0 Å². The number of amides is 1. The first-order chi connectivity index (χ1) is 23.1. The van der Waals surface area contributed by atoms with Crippen molar-refractivity contribution in [1.82, 2.24) is 15.3 Å². The first-order valence-electron chi connectivity index (χ1n) is 15.8. The van der Waals surface area contributed by atoms with Crippen molar-refractivity contribution in [1.29, 1.82) is 0 Å². The summed E-state index contributed by atoms with van der Waals surface area (Å²) in [7, 11) is 1.59. The minimum absolute atomic E-state index is 0.0303. The average molecular weight is 653 g/mol. The number of pyridine rings is 1. The summed E-state index contributed by atoms with van der Waals surface area (Å²) in [6.07, 6.45) is 7.93. The Balaban J connectivity index is 1.05. The molecule has 1 fully saturated rings. The topological polar surface area (TPSA) is 85.3 Å². The minimum atomic E-state index is -0.588. The lowest BCUT2D eigenvalue weighted by Crippen LogP contribution is -2.31. The van der Waals surface area contributed by atoms with Crippen LogP contribution in [0.4, 0.5) is 4.39 Å². The van der Waals surface area contributed by atoms with E-state index in [1.54, 1.807) is 49.1 Å². The summed E-state index contributed by atoms with van der Waals surface area (Å²) in [5.41, 5.74) is 5.62. The molecule has 5 aromatic rings. The zero-order valence-electron chi connectivity index (χ0n) is 26.3. The lowest BCUT2D eigenvalue weighted by molar-refractivity contribution is -0.120. The Bertz CT molecular complexity index is 1820. The normalized spacial score (nSPS) is 13.6. The number of hydrogen-bond donors (Lipinski definition) is 1. The number of likely N-dealkylation sites (tertiary alicyclic amines) is 1. The predicted octanol–water partition coefficient (Wildman–Crippen LogP) is 7.85. The van der Waals surface area contributed by atoms with Gasteiger partial charge in [-0.05, 0) is 84.8 Å². The number of hydrazone groups is 1. The molecule has 0 atom stereocenters. The van der Waals surface area contributed by atoms with E-state index < -0.39 is 5.82 Å². The highest BCUT2D eigenvalue weighted by atomic mass is 32.1. The van der Waals surface area contributed by atoms with Gasteiger partial charge in [0.05, 0.1) is 31.9 Å². The number of nitrogens with one attached hydrogen (secondary N) is 1. The van der Waals surface area contributed by atoms with E-state index in [2.05, 4.69) is 26.5 Å². The van der Waals surface area contributed by atoms with Crippen molar-refractivity contribution in [2.45, 2.75) is 32.1 Å². The van der Waals surface area contributed by atoms with Crippen LogP contribution in [0.25, 0.3) is 21.3 Å². The quantitative estimate of drug-likeness (QED) is 0.0792. The van der Waals surface area contributed by atoms with Crippen molar-refractivity contribution in [3.8, 4) is 33.4 Å². The summed E-state index contributed by atoms with van der Waals surface area (Å²) in [6.45, 7) is 3.90. The molecule has 3 heterocycles. The van der Waals surface area contributed by atoms with Gasteiger partial charge < -0.3 is 19.1 Å². The van der Waals surface area contributed by atoms with E-state index in [4.69, 9.17) is 14.2 Å². The number of benzene rings is 3. The number of ether oxygens (including phenoxy) is 3. The van der Waals surface area contributed by atoms with Crippen molar-refractivity contribution in [3.05, 3.63) is 101 Å². The van der Waals surface area contributed by atoms with Crippen LogP contribution in [-0.4, -0.2) is 55.4 Å². The lowest BCUT2D eigenvalue weighted by Gasteiger charge is -2.26. The smallest absolute Gasteiger partial charge is 0.244 e. The van der Waals surface area contributed by atoms with E-state index in [0.29, 0.717) is 40.3 Å². The number of piperidine rings is 1. The number of rotatable bonds is 13. The number of nitrogens with zero attached hydrogens (tertiary/aromatic N) is 3. The van der Waals surface area contributed by atoms with Crippen LogP contribution in [0, 0.1) is 5.82 Å². The van der Waals surface area contributed by atoms with Crippen LogP contribution in [0.2, 0.25) is 0 Å². The summed E-state index contributed by atoms with van der Waals surface area (Å²) >= 11 is 1.68. The van der Waals surface area contributed by atoms with Crippen molar-refractivity contribution in [2.75, 3.05) is 33.4 Å². The van der Waals surface area contributed by atoms with Crippen LogP contribution >= 0.6 is 11.3 Å². The third-order valence-electron chi connectivity index (χ3n) is 8.01. The molecule has 1 saturated heterocycles. The van der Waals surface area contributed by atoms with Gasteiger partial charge in [0.15, 0.2) is 23.1 Å². The van der Waals surface area contributed by atoms with Gasteiger partial charge in [-0.2, -0.15) is 5.10 Å². The number of fused-ring (bicyclic) bond motifs is 1. The number of carbonyl (C=O) groups excluding carboxylic acids is 1. The van der Waals surface area contributed by atoms with Crippen LogP contribution in [0.3, 0.4) is 0 Å². The van der Waals surface area contributed by atoms with Gasteiger partial charge >= 0.3 is 0 Å². The Morgan fingerprint density at radius 2 is 1.85 bits per heavy atom. The SMILES string of the molecule is COc1cc2c(Oc3ccc(CC(=O)N/N=C/c4ccc(-c5cccs5)cc4)cc3F)ccnc2cc1OCCCN1CCCCC1. The second kappa shape index (κ2) is 15.7. The van der Waals surface area contributed by atoms with Gasteiger partial charge in [-0.1, -0.05) is 42.8 Å². The van der Waals surface area contributed by atoms with Gasteiger partial charge in [0.25, 0.3) is 0 Å². The molecule has 0 unspecified atom stereocenters. The van der Waals surface area contributed by atoms with Crippen molar-refractivity contribution >= 4 is 34.4 Å². The summed E-state index contributed by atoms with van der Waals surface area (Å²) in [5.74, 6) is 0.660. The van der Waals surface area contributed by atoms with Crippen LogP contribution in [0.15, 0.2) is 89.5 Å². The number of methoxy groups -OCH3 is 1. The molecule has 0 aliphatic carbocycles. The Morgan fingerprint density at radius 1 is 1.00 bits per heavy atom. The van der Waals surface area contributed by atoms with E-state index in [0.717, 1.165) is 37.2 Å². The minimum Gasteiger partial charge on any atom is -0.493 e. The maximum atomic E-state index is 15.2. The zero-order valence-corrected chi connectivity index (χ0v) is 27.1. The van der Waals surface area contributed by atoms with E-state index in [9.17, 15) is 4.79 Å². The van der Waals surface area contributed by atoms with Gasteiger partial charge in [-0.15, -0.1) is 11.3 Å². The van der Waals surface area contributed by atoms with Crippen molar-refractivity contribution in [2.24, 2.45) is 5.10 Å². The molecule has 8 nitrogen and oxygen atoms in total. The third kappa shape index (κ3) is 8.52. The third-order valence-corrected chi connectivity index (χ3v) is 8.93. The first kappa shape index (κ1) is 32.2. The Hall–Kier alpha value is -4.80. The fourth-order valence-electron chi connectivity index (χ4n) is 5.58. The Kier molecular flexibility index (Phi) is 10.7. The van der Waals surface area contributed by atoms with E-state index >= 15 is 4.39 Å². The molecule has 6 rings (SSSR count). The molecule has 3 aromatic carbocycles. The highest BCUT2D eigenvalue weighted by Gasteiger charge is 2.15. The molecule has 1 aliphatic rings. The molecule has 2 aromatic heterocycles. The zero-order chi connectivity index (χ0) is 32.4. The van der Waals surface area contributed by atoms with Gasteiger partial charge in [-0.3, -0.25) is 9.78 Å². The van der Waals surface area contributed by atoms with Crippen LogP contribution < -0.4 is 19.6 Å². The largest absolute Gasteiger partial charge is 0.493 e. The number of carbonyl (C=O) groups is 1. The molecule has 0 spiro atoms. The molecule has 0 bridgehead atoms.